The van der Waals surface area contributed by atoms with Crippen LogP contribution < -0.4 is 10.7 Å². The van der Waals surface area contributed by atoms with E-state index in [2.05, 4.69) is 21.9 Å². The van der Waals surface area contributed by atoms with Crippen molar-refractivity contribution in [3.63, 3.8) is 0 Å². The first-order chi connectivity index (χ1) is 12.1. The summed E-state index contributed by atoms with van der Waals surface area (Å²) in [7, 11) is 1.99. The number of hydrogen-bond donors (Lipinski definition) is 2. The maximum atomic E-state index is 12.0. The zero-order valence-corrected chi connectivity index (χ0v) is 14.7. The summed E-state index contributed by atoms with van der Waals surface area (Å²) < 4.78 is 2.04. The number of benzene rings is 2. The number of hydrazone groups is 1. The van der Waals surface area contributed by atoms with E-state index < -0.39 is 0 Å². The molecule has 0 saturated carbocycles. The van der Waals surface area contributed by atoms with Crippen LogP contribution in [0.2, 0.25) is 0 Å². The van der Waals surface area contributed by atoms with Crippen LogP contribution in [0.3, 0.4) is 0 Å². The molecular weight excluding hydrogens is 312 g/mol. The van der Waals surface area contributed by atoms with Crippen LogP contribution in [-0.4, -0.2) is 23.2 Å². The molecule has 0 radical (unpaired) electrons. The quantitative estimate of drug-likeness (QED) is 0.555. The van der Waals surface area contributed by atoms with E-state index >= 15 is 0 Å². The monoisotopic (exact) mass is 334 g/mol. The number of nitrogens with zero attached hydrogens (tertiary/aromatic N) is 2. The number of hydrogen-bond acceptors (Lipinski definition) is 3. The van der Waals surface area contributed by atoms with Crippen LogP contribution in [0.4, 0.5) is 5.69 Å². The van der Waals surface area contributed by atoms with E-state index in [-0.39, 0.29) is 12.5 Å². The molecule has 3 rings (SSSR count). The summed E-state index contributed by atoms with van der Waals surface area (Å²) in [6.45, 7) is 4.22. The van der Waals surface area contributed by atoms with Gasteiger partial charge in [-0.15, -0.1) is 0 Å². The van der Waals surface area contributed by atoms with Crippen molar-refractivity contribution in [1.29, 1.82) is 0 Å². The molecule has 0 aliphatic rings. The average molecular weight is 334 g/mol. The lowest BCUT2D eigenvalue weighted by Gasteiger charge is -2.11. The molecule has 2 N–H and O–H groups in total. The second-order valence-corrected chi connectivity index (χ2v) is 6.13. The molecule has 0 bridgehead atoms. The molecule has 2 aromatic carbocycles. The van der Waals surface area contributed by atoms with Gasteiger partial charge in [-0.3, -0.25) is 4.79 Å². The number of nitrogens with one attached hydrogen (secondary N) is 2. The molecular formula is C20H22N4O. The van der Waals surface area contributed by atoms with Crippen molar-refractivity contribution < 1.29 is 4.79 Å². The van der Waals surface area contributed by atoms with Crippen LogP contribution in [-0.2, 0) is 11.8 Å². The maximum absolute atomic E-state index is 12.0. The number of fused-ring (bicyclic) bond motifs is 1. The normalized spacial score (nSPS) is 11.2. The summed E-state index contributed by atoms with van der Waals surface area (Å²) in [5.41, 5.74) is 7.91. The zero-order valence-electron chi connectivity index (χ0n) is 14.7. The molecule has 128 valence electrons. The second kappa shape index (κ2) is 7.21. The van der Waals surface area contributed by atoms with Gasteiger partial charge in [-0.25, -0.2) is 5.43 Å². The molecule has 0 atom stereocenters. The van der Waals surface area contributed by atoms with Gasteiger partial charge in [0.1, 0.15) is 0 Å². The van der Waals surface area contributed by atoms with Gasteiger partial charge in [-0.05, 0) is 31.0 Å². The first-order valence-corrected chi connectivity index (χ1v) is 8.22. The highest BCUT2D eigenvalue weighted by Gasteiger charge is 2.05. The Morgan fingerprint density at radius 1 is 1.12 bits per heavy atom. The molecule has 3 aromatic rings. The summed E-state index contributed by atoms with van der Waals surface area (Å²) in [5.74, 6) is -0.181. The van der Waals surface area contributed by atoms with Crippen molar-refractivity contribution >= 4 is 28.7 Å². The van der Waals surface area contributed by atoms with Crippen LogP contribution >= 0.6 is 0 Å². The van der Waals surface area contributed by atoms with Crippen LogP contribution in [0.5, 0.6) is 0 Å². The highest BCUT2D eigenvalue weighted by molar-refractivity contribution is 5.99. The zero-order chi connectivity index (χ0) is 17.8. The van der Waals surface area contributed by atoms with E-state index in [1.807, 2.05) is 68.1 Å². The van der Waals surface area contributed by atoms with Crippen molar-refractivity contribution in [3.05, 3.63) is 65.4 Å². The minimum atomic E-state index is -0.181. The third kappa shape index (κ3) is 3.71. The predicted molar refractivity (Wildman–Crippen MR) is 103 cm³/mol. The van der Waals surface area contributed by atoms with Gasteiger partial charge in [-0.2, -0.15) is 5.10 Å². The number of carbonyl (C=O) groups is 1. The highest BCUT2D eigenvalue weighted by atomic mass is 16.2. The summed E-state index contributed by atoms with van der Waals surface area (Å²) in [5, 5.41) is 8.37. The number of anilines is 1. The number of aromatic nitrogens is 1. The van der Waals surface area contributed by atoms with Crippen LogP contribution in [0.25, 0.3) is 10.9 Å². The van der Waals surface area contributed by atoms with Gasteiger partial charge in [0.05, 0.1) is 12.8 Å². The van der Waals surface area contributed by atoms with Crippen molar-refractivity contribution in [1.82, 2.24) is 9.99 Å². The predicted octanol–water partition coefficient (Wildman–Crippen LogP) is 3.36. The Bertz CT molecular complexity index is 920. The number of amides is 1. The van der Waals surface area contributed by atoms with E-state index in [1.165, 1.54) is 0 Å². The minimum Gasteiger partial charge on any atom is -0.376 e. The van der Waals surface area contributed by atoms with Gasteiger partial charge < -0.3 is 9.88 Å². The van der Waals surface area contributed by atoms with E-state index in [0.29, 0.717) is 0 Å². The molecule has 0 spiro atoms. The number of para-hydroxylation sites is 2. The standard InChI is InChI=1S/C20H22N4O/c1-14-7-6-8-15(2)20(14)21-12-19(25)23-22-11-16-13-24(3)18-10-5-4-9-17(16)18/h4-11,13,21H,12H2,1-3H3,(H,23,25)/b22-11+. The van der Waals surface area contributed by atoms with Crippen molar-refractivity contribution in [2.45, 2.75) is 13.8 Å². The van der Waals surface area contributed by atoms with Gasteiger partial charge in [0.2, 0.25) is 0 Å². The van der Waals surface area contributed by atoms with Gasteiger partial charge in [0.25, 0.3) is 5.91 Å². The maximum Gasteiger partial charge on any atom is 0.259 e. The molecule has 0 fully saturated rings. The molecule has 0 saturated heterocycles. The molecule has 5 heteroatoms. The first kappa shape index (κ1) is 16.8. The lowest BCUT2D eigenvalue weighted by molar-refractivity contribution is -0.119. The Labute approximate surface area is 147 Å². The molecule has 0 aliphatic heterocycles. The molecule has 1 aromatic heterocycles. The SMILES string of the molecule is Cc1cccc(C)c1NCC(=O)N/N=C/c1cn(C)c2ccccc12. The fourth-order valence-electron chi connectivity index (χ4n) is 2.95. The molecule has 5 nitrogen and oxygen atoms in total. The Morgan fingerprint density at radius 2 is 1.84 bits per heavy atom. The molecule has 1 heterocycles. The molecule has 0 aliphatic carbocycles. The van der Waals surface area contributed by atoms with Gasteiger partial charge >= 0.3 is 0 Å². The molecule has 0 unspecified atom stereocenters. The third-order valence-corrected chi connectivity index (χ3v) is 4.23. The van der Waals surface area contributed by atoms with Gasteiger partial charge in [-0.1, -0.05) is 36.4 Å². The summed E-state index contributed by atoms with van der Waals surface area (Å²) in [6, 6.07) is 14.1. The van der Waals surface area contributed by atoms with Crippen LogP contribution in [0.15, 0.2) is 53.8 Å². The minimum absolute atomic E-state index is 0.179. The Kier molecular flexibility index (Phi) is 4.84. The topological polar surface area (TPSA) is 58.4 Å². The fraction of sp³-hybridized carbons (Fsp3) is 0.200. The smallest absolute Gasteiger partial charge is 0.259 e. The lowest BCUT2D eigenvalue weighted by Crippen LogP contribution is -2.26. The molecule has 1 amide bonds. The third-order valence-electron chi connectivity index (χ3n) is 4.23. The van der Waals surface area contributed by atoms with E-state index in [4.69, 9.17) is 0 Å². The van der Waals surface area contributed by atoms with Crippen molar-refractivity contribution in [2.75, 3.05) is 11.9 Å². The summed E-state index contributed by atoms with van der Waals surface area (Å²) in [6.07, 6.45) is 3.68. The van der Waals surface area contributed by atoms with Crippen molar-refractivity contribution in [3.8, 4) is 0 Å². The fourth-order valence-corrected chi connectivity index (χ4v) is 2.95. The van der Waals surface area contributed by atoms with Crippen molar-refractivity contribution in [2.24, 2.45) is 12.1 Å². The first-order valence-electron chi connectivity index (χ1n) is 8.22. The van der Waals surface area contributed by atoms with E-state index in [0.717, 1.165) is 33.3 Å². The average Bonchev–Trinajstić information content (AvgIpc) is 2.91. The Morgan fingerprint density at radius 3 is 2.60 bits per heavy atom. The summed E-state index contributed by atoms with van der Waals surface area (Å²) >= 11 is 0. The second-order valence-electron chi connectivity index (χ2n) is 6.13. The Hall–Kier alpha value is -3.08. The van der Waals surface area contributed by atoms with E-state index in [9.17, 15) is 4.79 Å². The number of rotatable bonds is 5. The Balaban J connectivity index is 1.61. The van der Waals surface area contributed by atoms with Gasteiger partial charge in [0.15, 0.2) is 0 Å². The number of carbonyl (C=O) groups excluding carboxylic acids is 1. The largest absolute Gasteiger partial charge is 0.376 e. The molecule has 25 heavy (non-hydrogen) atoms. The van der Waals surface area contributed by atoms with E-state index in [1.54, 1.807) is 6.21 Å². The van der Waals surface area contributed by atoms with Crippen LogP contribution in [0, 0.1) is 13.8 Å². The summed E-state index contributed by atoms with van der Waals surface area (Å²) in [4.78, 5) is 12.0. The van der Waals surface area contributed by atoms with Crippen LogP contribution in [0.1, 0.15) is 16.7 Å². The lowest BCUT2D eigenvalue weighted by atomic mass is 10.1. The highest BCUT2D eigenvalue weighted by Crippen LogP contribution is 2.19. The number of aryl methyl sites for hydroxylation is 3. The van der Waals surface area contributed by atoms with Gasteiger partial charge in [0, 0.05) is 35.4 Å².